The molecule has 1 aliphatic heterocycles. The highest BCUT2D eigenvalue weighted by Crippen LogP contribution is 2.33. The number of nitrogens with one attached hydrogen (secondary N) is 1. The first-order valence-corrected chi connectivity index (χ1v) is 6.15. The summed E-state index contributed by atoms with van der Waals surface area (Å²) in [5.41, 5.74) is -1.44. The number of anilines is 1. The van der Waals surface area contributed by atoms with Gasteiger partial charge in [-0.25, -0.2) is 0 Å². The Bertz CT molecular complexity index is 578. The van der Waals surface area contributed by atoms with Crippen molar-refractivity contribution in [2.24, 2.45) is 5.41 Å². The summed E-state index contributed by atoms with van der Waals surface area (Å²) in [6, 6.07) is 1.99. The second kappa shape index (κ2) is 5.52. The summed E-state index contributed by atoms with van der Waals surface area (Å²) in [5, 5.41) is 23.1. The van der Waals surface area contributed by atoms with Crippen LogP contribution < -0.4 is 10.1 Å². The fraction of sp³-hybridized carbons (Fsp3) is 0.500. The highest BCUT2D eigenvalue weighted by atomic mass is 16.6. The van der Waals surface area contributed by atoms with Gasteiger partial charge in [-0.3, -0.25) is 14.9 Å². The Morgan fingerprint density at radius 1 is 1.67 bits per heavy atom. The van der Waals surface area contributed by atoms with E-state index in [1.807, 2.05) is 0 Å². The Labute approximate surface area is 120 Å². The van der Waals surface area contributed by atoms with Crippen LogP contribution in [0.15, 0.2) is 12.1 Å². The lowest BCUT2D eigenvalue weighted by Gasteiger charge is -2.25. The van der Waals surface area contributed by atoms with Crippen LogP contribution in [0.3, 0.4) is 0 Å². The van der Waals surface area contributed by atoms with Gasteiger partial charge in [0.25, 0.3) is 0 Å². The summed E-state index contributed by atoms with van der Waals surface area (Å²) in [4.78, 5) is 25.8. The molecule has 0 aliphatic carbocycles. The monoisotopic (exact) mass is 297 g/mol. The number of hydrogen-bond donors (Lipinski definition) is 2. The minimum Gasteiger partial charge on any atom is -0.481 e. The molecule has 2 atom stereocenters. The molecule has 0 radical (unpaired) electrons. The quantitative estimate of drug-likeness (QED) is 0.606. The number of nitro groups is 1. The zero-order valence-electron chi connectivity index (χ0n) is 11.5. The van der Waals surface area contributed by atoms with Crippen LogP contribution >= 0.6 is 0 Å². The zero-order chi connectivity index (χ0) is 15.6. The summed E-state index contributed by atoms with van der Waals surface area (Å²) in [7, 11) is 1.39. The van der Waals surface area contributed by atoms with Crippen molar-refractivity contribution in [3.05, 3.63) is 22.2 Å². The van der Waals surface area contributed by atoms with E-state index < -0.39 is 22.3 Å². The predicted octanol–water partition coefficient (Wildman–Crippen LogP) is 0.900. The molecule has 1 fully saturated rings. The summed E-state index contributed by atoms with van der Waals surface area (Å²) in [5.74, 6) is -0.885. The smallest absolute Gasteiger partial charge is 0.313 e. The first-order valence-electron chi connectivity index (χ1n) is 6.15. The van der Waals surface area contributed by atoms with Crippen molar-refractivity contribution < 1.29 is 24.3 Å². The molecule has 1 saturated heterocycles. The minimum absolute atomic E-state index is 0.0256. The minimum atomic E-state index is -1.18. The van der Waals surface area contributed by atoms with Gasteiger partial charge >= 0.3 is 11.7 Å². The first-order chi connectivity index (χ1) is 9.88. The van der Waals surface area contributed by atoms with Gasteiger partial charge in [0.05, 0.1) is 31.3 Å². The standard InChI is InChI=1S/C12H15N3O6/c1-12(11(16)17)6-21-5-8(12)13-10-7(15(18)19)3-4-9(14-10)20-2/h3-4,8H,5-6H2,1-2H3,(H,13,14)(H,16,17). The lowest BCUT2D eigenvalue weighted by atomic mass is 9.85. The van der Waals surface area contributed by atoms with Crippen molar-refractivity contribution in [3.63, 3.8) is 0 Å². The van der Waals surface area contributed by atoms with Crippen LogP contribution in [0.2, 0.25) is 0 Å². The molecule has 2 N–H and O–H groups in total. The van der Waals surface area contributed by atoms with Crippen LogP contribution in [0.1, 0.15) is 6.92 Å². The van der Waals surface area contributed by atoms with Gasteiger partial charge in [0.15, 0.2) is 0 Å². The molecule has 1 aromatic rings. The normalized spacial score (nSPS) is 24.6. The largest absolute Gasteiger partial charge is 0.481 e. The SMILES string of the molecule is COc1ccc([N+](=O)[O-])c(NC2COCC2(C)C(=O)O)n1. The first kappa shape index (κ1) is 15.0. The number of nitrogens with zero attached hydrogens (tertiary/aromatic N) is 2. The van der Waals surface area contributed by atoms with Crippen molar-refractivity contribution in [3.8, 4) is 5.88 Å². The lowest BCUT2D eigenvalue weighted by molar-refractivity contribution is -0.384. The molecular formula is C12H15N3O6. The van der Waals surface area contributed by atoms with Crippen molar-refractivity contribution in [1.29, 1.82) is 0 Å². The average molecular weight is 297 g/mol. The Hall–Kier alpha value is -2.42. The molecule has 9 nitrogen and oxygen atoms in total. The third-order valence-corrected chi connectivity index (χ3v) is 3.51. The number of aromatic nitrogens is 1. The molecule has 9 heteroatoms. The van der Waals surface area contributed by atoms with E-state index in [2.05, 4.69) is 10.3 Å². The molecule has 0 amide bonds. The molecule has 1 aromatic heterocycles. The molecule has 0 spiro atoms. The topological polar surface area (TPSA) is 124 Å². The summed E-state index contributed by atoms with van der Waals surface area (Å²) >= 11 is 0. The Morgan fingerprint density at radius 3 is 2.95 bits per heavy atom. The second-order valence-corrected chi connectivity index (χ2v) is 4.91. The molecule has 114 valence electrons. The third kappa shape index (κ3) is 2.72. The predicted molar refractivity (Wildman–Crippen MR) is 71.4 cm³/mol. The molecule has 1 aliphatic rings. The molecular weight excluding hydrogens is 282 g/mol. The number of rotatable bonds is 5. The number of aliphatic carboxylic acids is 1. The molecule has 0 aromatic carbocycles. The lowest BCUT2D eigenvalue weighted by Crippen LogP contribution is -2.43. The number of ether oxygens (including phenoxy) is 2. The van der Waals surface area contributed by atoms with E-state index in [0.717, 1.165) is 0 Å². The van der Waals surface area contributed by atoms with Crippen LogP contribution in [0, 0.1) is 15.5 Å². The number of pyridine rings is 1. The van der Waals surface area contributed by atoms with Gasteiger partial charge in [0, 0.05) is 12.1 Å². The molecule has 2 unspecified atom stereocenters. The number of hydrogen-bond acceptors (Lipinski definition) is 7. The van der Waals surface area contributed by atoms with E-state index in [4.69, 9.17) is 9.47 Å². The van der Waals surface area contributed by atoms with E-state index in [0.29, 0.717) is 0 Å². The fourth-order valence-electron chi connectivity index (χ4n) is 2.05. The molecule has 0 saturated carbocycles. The van der Waals surface area contributed by atoms with E-state index in [1.165, 1.54) is 26.2 Å². The van der Waals surface area contributed by atoms with E-state index in [-0.39, 0.29) is 30.6 Å². The zero-order valence-corrected chi connectivity index (χ0v) is 11.5. The van der Waals surface area contributed by atoms with Gasteiger partial charge in [-0.15, -0.1) is 0 Å². The Kier molecular flexibility index (Phi) is 3.94. The van der Waals surface area contributed by atoms with Crippen LogP contribution in [0.25, 0.3) is 0 Å². The number of carboxylic acid groups (broad SMARTS) is 1. The van der Waals surface area contributed by atoms with Crippen LogP contribution in [-0.4, -0.2) is 47.3 Å². The fourth-order valence-corrected chi connectivity index (χ4v) is 2.05. The van der Waals surface area contributed by atoms with Gasteiger partial charge in [-0.05, 0) is 6.92 Å². The highest BCUT2D eigenvalue weighted by Gasteiger charge is 2.47. The van der Waals surface area contributed by atoms with Gasteiger partial charge in [0.1, 0.15) is 5.41 Å². The van der Waals surface area contributed by atoms with Crippen molar-refractivity contribution >= 4 is 17.5 Å². The second-order valence-electron chi connectivity index (χ2n) is 4.91. The maximum absolute atomic E-state index is 11.4. The molecule has 2 heterocycles. The van der Waals surface area contributed by atoms with Gasteiger partial charge < -0.3 is 19.9 Å². The summed E-state index contributed by atoms with van der Waals surface area (Å²) in [6.07, 6.45) is 0. The van der Waals surface area contributed by atoms with E-state index in [1.54, 1.807) is 0 Å². The van der Waals surface area contributed by atoms with Gasteiger partial charge in [-0.2, -0.15) is 4.98 Å². The van der Waals surface area contributed by atoms with E-state index >= 15 is 0 Å². The summed E-state index contributed by atoms with van der Waals surface area (Å²) in [6.45, 7) is 1.67. The molecule has 0 bridgehead atoms. The Balaban J connectivity index is 2.34. The van der Waals surface area contributed by atoms with Crippen LogP contribution in [0.4, 0.5) is 11.5 Å². The average Bonchev–Trinajstić information content (AvgIpc) is 2.81. The van der Waals surface area contributed by atoms with Crippen molar-refractivity contribution in [2.75, 3.05) is 25.6 Å². The van der Waals surface area contributed by atoms with Crippen LogP contribution in [0.5, 0.6) is 5.88 Å². The van der Waals surface area contributed by atoms with Gasteiger partial charge in [-0.1, -0.05) is 0 Å². The number of carboxylic acids is 1. The maximum Gasteiger partial charge on any atom is 0.313 e. The maximum atomic E-state index is 11.4. The third-order valence-electron chi connectivity index (χ3n) is 3.51. The summed E-state index contributed by atoms with van der Waals surface area (Å²) < 4.78 is 10.1. The number of methoxy groups -OCH3 is 1. The number of carbonyl (C=O) groups is 1. The molecule has 2 rings (SSSR count). The van der Waals surface area contributed by atoms with Gasteiger partial charge in [0.2, 0.25) is 11.7 Å². The molecule has 21 heavy (non-hydrogen) atoms. The Morgan fingerprint density at radius 2 is 2.38 bits per heavy atom. The van der Waals surface area contributed by atoms with E-state index in [9.17, 15) is 20.0 Å². The van der Waals surface area contributed by atoms with Crippen molar-refractivity contribution in [2.45, 2.75) is 13.0 Å². The van der Waals surface area contributed by atoms with Crippen LogP contribution in [-0.2, 0) is 9.53 Å². The van der Waals surface area contributed by atoms with Crippen molar-refractivity contribution in [1.82, 2.24) is 4.98 Å². The highest BCUT2D eigenvalue weighted by molar-refractivity contribution is 5.77.